The highest BCUT2D eigenvalue weighted by molar-refractivity contribution is 5.85. The van der Waals surface area contributed by atoms with Gasteiger partial charge in [-0.15, -0.1) is 24.8 Å². The molecule has 1 aliphatic heterocycles. The lowest BCUT2D eigenvalue weighted by Crippen LogP contribution is -2.08. The molecule has 2 heterocycles. The van der Waals surface area contributed by atoms with Crippen LogP contribution in [0.15, 0.2) is 18.2 Å². The van der Waals surface area contributed by atoms with Crippen molar-refractivity contribution in [3.8, 4) is 0 Å². The fourth-order valence-electron chi connectivity index (χ4n) is 2.08. The van der Waals surface area contributed by atoms with E-state index in [4.69, 9.17) is 0 Å². The van der Waals surface area contributed by atoms with Crippen LogP contribution in [0, 0.1) is 5.82 Å². The van der Waals surface area contributed by atoms with Crippen LogP contribution in [-0.4, -0.2) is 23.1 Å². The molecule has 1 aromatic heterocycles. The number of fused-ring (bicyclic) bond motifs is 1. The van der Waals surface area contributed by atoms with Gasteiger partial charge in [0.1, 0.15) is 11.6 Å². The molecule has 3 nitrogen and oxygen atoms in total. The monoisotopic (exact) mass is 277 g/mol. The molecule has 3 rings (SSSR count). The summed E-state index contributed by atoms with van der Waals surface area (Å²) in [5.74, 6) is 1.20. The van der Waals surface area contributed by atoms with Gasteiger partial charge in [-0.2, -0.15) is 0 Å². The molecule has 1 saturated heterocycles. The van der Waals surface area contributed by atoms with Crippen LogP contribution in [0.4, 0.5) is 4.39 Å². The van der Waals surface area contributed by atoms with Crippen LogP contribution in [0.1, 0.15) is 18.2 Å². The minimum Gasteiger partial charge on any atom is -0.342 e. The smallest absolute Gasteiger partial charge is 0.125 e. The standard InChI is InChI=1S/C11H12FN3.2ClH/c12-8-1-2-9-10(5-8)15-11(14-9)7-3-4-13-6-7;;/h1-2,5,7,13H,3-4,6H2,(H,14,15);2*1H. The van der Waals surface area contributed by atoms with Crippen LogP contribution in [0.25, 0.3) is 11.0 Å². The van der Waals surface area contributed by atoms with E-state index in [1.54, 1.807) is 6.07 Å². The molecule has 94 valence electrons. The van der Waals surface area contributed by atoms with E-state index in [1.807, 2.05) is 0 Å². The lowest BCUT2D eigenvalue weighted by atomic mass is 10.1. The first-order valence-corrected chi connectivity index (χ1v) is 5.19. The number of nitrogens with zero attached hydrogens (tertiary/aromatic N) is 1. The van der Waals surface area contributed by atoms with Crippen LogP contribution < -0.4 is 5.32 Å². The van der Waals surface area contributed by atoms with Crippen molar-refractivity contribution in [1.82, 2.24) is 15.3 Å². The zero-order valence-electron chi connectivity index (χ0n) is 9.07. The molecule has 17 heavy (non-hydrogen) atoms. The summed E-state index contributed by atoms with van der Waals surface area (Å²) in [4.78, 5) is 7.66. The van der Waals surface area contributed by atoms with E-state index in [0.717, 1.165) is 36.4 Å². The molecule has 2 N–H and O–H groups in total. The first-order chi connectivity index (χ1) is 7.33. The van der Waals surface area contributed by atoms with Crippen molar-refractivity contribution in [2.75, 3.05) is 13.1 Å². The fraction of sp³-hybridized carbons (Fsp3) is 0.364. The van der Waals surface area contributed by atoms with Gasteiger partial charge in [-0.3, -0.25) is 0 Å². The third kappa shape index (κ3) is 2.70. The van der Waals surface area contributed by atoms with E-state index in [-0.39, 0.29) is 30.6 Å². The zero-order valence-corrected chi connectivity index (χ0v) is 10.7. The van der Waals surface area contributed by atoms with Crippen molar-refractivity contribution in [2.45, 2.75) is 12.3 Å². The number of hydrogen-bond donors (Lipinski definition) is 2. The largest absolute Gasteiger partial charge is 0.342 e. The van der Waals surface area contributed by atoms with Gasteiger partial charge in [-0.25, -0.2) is 9.37 Å². The molecule has 1 aliphatic rings. The van der Waals surface area contributed by atoms with Gasteiger partial charge in [0.25, 0.3) is 0 Å². The van der Waals surface area contributed by atoms with E-state index in [0.29, 0.717) is 5.92 Å². The van der Waals surface area contributed by atoms with E-state index in [2.05, 4.69) is 15.3 Å². The predicted molar refractivity (Wildman–Crippen MR) is 70.8 cm³/mol. The van der Waals surface area contributed by atoms with E-state index >= 15 is 0 Å². The van der Waals surface area contributed by atoms with Gasteiger partial charge in [0.05, 0.1) is 11.0 Å². The zero-order chi connectivity index (χ0) is 10.3. The van der Waals surface area contributed by atoms with E-state index in [1.165, 1.54) is 12.1 Å². The molecule has 6 heteroatoms. The summed E-state index contributed by atoms with van der Waals surface area (Å²) in [6, 6.07) is 4.65. The van der Waals surface area contributed by atoms with Crippen LogP contribution in [0.3, 0.4) is 0 Å². The second-order valence-electron chi connectivity index (χ2n) is 3.97. The Bertz CT molecular complexity index is 494. The number of halogens is 3. The number of aromatic amines is 1. The molecule has 1 aromatic carbocycles. The number of hydrogen-bond acceptors (Lipinski definition) is 2. The number of aromatic nitrogens is 2. The SMILES string of the molecule is Cl.Cl.Fc1ccc2nc(C3CCNC3)[nH]c2c1. The minimum atomic E-state index is -0.220. The highest BCUT2D eigenvalue weighted by atomic mass is 35.5. The van der Waals surface area contributed by atoms with Crippen molar-refractivity contribution in [3.63, 3.8) is 0 Å². The maximum absolute atomic E-state index is 13.0. The normalized spacial score (nSPS) is 18.8. The summed E-state index contributed by atoms with van der Waals surface area (Å²) >= 11 is 0. The predicted octanol–water partition coefficient (Wildman–Crippen LogP) is 2.62. The molecular formula is C11H14Cl2FN3. The summed E-state index contributed by atoms with van der Waals surface area (Å²) in [5.41, 5.74) is 1.63. The lowest BCUT2D eigenvalue weighted by molar-refractivity contribution is 0.629. The number of rotatable bonds is 1. The average molecular weight is 278 g/mol. The van der Waals surface area contributed by atoms with Gasteiger partial charge in [0, 0.05) is 12.5 Å². The van der Waals surface area contributed by atoms with Crippen LogP contribution in [-0.2, 0) is 0 Å². The Morgan fingerprint density at radius 3 is 2.82 bits per heavy atom. The molecule has 1 atom stereocenters. The second-order valence-corrected chi connectivity index (χ2v) is 3.97. The topological polar surface area (TPSA) is 40.7 Å². The second kappa shape index (κ2) is 5.67. The maximum atomic E-state index is 13.0. The number of nitrogens with one attached hydrogen (secondary N) is 2. The van der Waals surface area contributed by atoms with Gasteiger partial charge in [-0.05, 0) is 31.2 Å². The van der Waals surface area contributed by atoms with E-state index < -0.39 is 0 Å². The van der Waals surface area contributed by atoms with Gasteiger partial charge in [0.2, 0.25) is 0 Å². The Morgan fingerprint density at radius 2 is 2.12 bits per heavy atom. The average Bonchev–Trinajstić information content (AvgIpc) is 2.84. The molecule has 2 aromatic rings. The quantitative estimate of drug-likeness (QED) is 0.842. The molecule has 0 aliphatic carbocycles. The molecule has 0 saturated carbocycles. The molecule has 1 fully saturated rings. The number of imidazole rings is 1. The first kappa shape index (κ1) is 14.2. The number of H-pyrrole nitrogens is 1. The van der Waals surface area contributed by atoms with Crippen LogP contribution >= 0.6 is 24.8 Å². The molecular weight excluding hydrogens is 264 g/mol. The Labute approximate surface area is 111 Å². The highest BCUT2D eigenvalue weighted by Gasteiger charge is 2.19. The van der Waals surface area contributed by atoms with Crippen molar-refractivity contribution < 1.29 is 4.39 Å². The lowest BCUT2D eigenvalue weighted by Gasteiger charge is -2.01. The highest BCUT2D eigenvalue weighted by Crippen LogP contribution is 2.22. The minimum absolute atomic E-state index is 0. The third-order valence-corrected chi connectivity index (χ3v) is 2.91. The van der Waals surface area contributed by atoms with Gasteiger partial charge >= 0.3 is 0 Å². The van der Waals surface area contributed by atoms with Crippen molar-refractivity contribution in [2.24, 2.45) is 0 Å². The molecule has 1 unspecified atom stereocenters. The Balaban J connectivity index is 0.000000722. The summed E-state index contributed by atoms with van der Waals surface area (Å²) in [7, 11) is 0. The van der Waals surface area contributed by atoms with Crippen LogP contribution in [0.5, 0.6) is 0 Å². The Hall–Kier alpha value is -0.840. The summed E-state index contributed by atoms with van der Waals surface area (Å²) in [6.45, 7) is 2.00. The third-order valence-electron chi connectivity index (χ3n) is 2.91. The molecule has 0 radical (unpaired) electrons. The summed E-state index contributed by atoms with van der Waals surface area (Å²) in [5, 5.41) is 3.29. The summed E-state index contributed by atoms with van der Waals surface area (Å²) in [6.07, 6.45) is 1.10. The fourth-order valence-corrected chi connectivity index (χ4v) is 2.08. The number of benzene rings is 1. The Kier molecular flexibility index (Phi) is 4.74. The first-order valence-electron chi connectivity index (χ1n) is 5.19. The molecule has 0 spiro atoms. The summed E-state index contributed by atoms with van der Waals surface area (Å²) < 4.78 is 13.0. The van der Waals surface area contributed by atoms with Gasteiger partial charge < -0.3 is 10.3 Å². The van der Waals surface area contributed by atoms with E-state index in [9.17, 15) is 4.39 Å². The molecule has 0 amide bonds. The Morgan fingerprint density at radius 1 is 1.29 bits per heavy atom. The van der Waals surface area contributed by atoms with Crippen molar-refractivity contribution in [1.29, 1.82) is 0 Å². The molecule has 0 bridgehead atoms. The maximum Gasteiger partial charge on any atom is 0.125 e. The van der Waals surface area contributed by atoms with Crippen LogP contribution in [0.2, 0.25) is 0 Å². The van der Waals surface area contributed by atoms with Crippen molar-refractivity contribution in [3.05, 3.63) is 29.8 Å². The van der Waals surface area contributed by atoms with Gasteiger partial charge in [-0.1, -0.05) is 0 Å². The van der Waals surface area contributed by atoms with Gasteiger partial charge in [0.15, 0.2) is 0 Å². The van der Waals surface area contributed by atoms with Crippen molar-refractivity contribution >= 4 is 35.8 Å².